The molecule has 0 radical (unpaired) electrons. The van der Waals surface area contributed by atoms with Gasteiger partial charge in [-0.2, -0.15) is 0 Å². The van der Waals surface area contributed by atoms with Crippen molar-refractivity contribution in [2.24, 2.45) is 5.92 Å². The Morgan fingerprint density at radius 1 is 1.48 bits per heavy atom. The molecule has 5 nitrogen and oxygen atoms in total. The Labute approximate surface area is 123 Å². The first-order chi connectivity index (χ1) is 10.2. The Bertz CT molecular complexity index is 496. The summed E-state index contributed by atoms with van der Waals surface area (Å²) in [5.74, 6) is -0.722. The summed E-state index contributed by atoms with van der Waals surface area (Å²) in [6.45, 7) is 3.85. The number of amides is 1. The van der Waals surface area contributed by atoms with E-state index in [2.05, 4.69) is 17.6 Å². The summed E-state index contributed by atoms with van der Waals surface area (Å²) in [4.78, 5) is 12.3. The second-order valence-electron chi connectivity index (χ2n) is 5.04. The summed E-state index contributed by atoms with van der Waals surface area (Å²) < 4.78 is 23.6. The molecule has 0 spiro atoms. The number of rotatable bonds is 6. The van der Waals surface area contributed by atoms with E-state index < -0.39 is 5.82 Å². The largest absolute Gasteiger partial charge is 0.494 e. The van der Waals surface area contributed by atoms with Gasteiger partial charge in [0.05, 0.1) is 26.2 Å². The maximum absolute atomic E-state index is 13.3. The van der Waals surface area contributed by atoms with Crippen molar-refractivity contribution in [2.75, 3.05) is 32.2 Å². The molecule has 2 atom stereocenters. The first kappa shape index (κ1) is 15.7. The Morgan fingerprint density at radius 3 is 3.00 bits per heavy atom. The molecule has 1 aromatic carbocycles. The molecule has 0 aliphatic carbocycles. The molecule has 6 heteroatoms. The highest BCUT2D eigenvalue weighted by Crippen LogP contribution is 2.23. The predicted molar refractivity (Wildman–Crippen MR) is 78.0 cm³/mol. The van der Waals surface area contributed by atoms with Crippen LogP contribution in [0.5, 0.6) is 5.75 Å². The Morgan fingerprint density at radius 2 is 2.29 bits per heavy atom. The number of benzene rings is 1. The smallest absolute Gasteiger partial charge is 0.231 e. The Hall–Kier alpha value is -1.66. The summed E-state index contributed by atoms with van der Waals surface area (Å²) in [5.41, 5.74) is 0.513. The number of carbonyl (C=O) groups is 1. The highest BCUT2D eigenvalue weighted by molar-refractivity contribution is 5.93. The van der Waals surface area contributed by atoms with E-state index in [9.17, 15) is 9.18 Å². The highest BCUT2D eigenvalue weighted by atomic mass is 19.1. The van der Waals surface area contributed by atoms with E-state index in [1.54, 1.807) is 0 Å². The fourth-order valence-corrected chi connectivity index (χ4v) is 2.32. The number of hydrogen-bond acceptors (Lipinski definition) is 4. The first-order valence-electron chi connectivity index (χ1n) is 7.11. The second-order valence-corrected chi connectivity index (χ2v) is 5.04. The summed E-state index contributed by atoms with van der Waals surface area (Å²) >= 11 is 0. The van der Waals surface area contributed by atoms with Gasteiger partial charge >= 0.3 is 0 Å². The van der Waals surface area contributed by atoms with Crippen molar-refractivity contribution in [2.45, 2.75) is 19.4 Å². The minimum absolute atomic E-state index is 0.0206. The molecule has 0 saturated carbocycles. The maximum Gasteiger partial charge on any atom is 0.231 e. The molecule has 0 bridgehead atoms. The Kier molecular flexibility index (Phi) is 5.52. The number of anilines is 1. The van der Waals surface area contributed by atoms with Crippen LogP contribution in [0, 0.1) is 11.7 Å². The predicted octanol–water partition coefficient (Wildman–Crippen LogP) is 1.79. The van der Waals surface area contributed by atoms with Gasteiger partial charge in [0.1, 0.15) is 0 Å². The van der Waals surface area contributed by atoms with Crippen LogP contribution in [-0.2, 0) is 9.53 Å². The lowest BCUT2D eigenvalue weighted by Gasteiger charge is -2.18. The van der Waals surface area contributed by atoms with Gasteiger partial charge in [-0.1, -0.05) is 6.92 Å². The molecule has 1 fully saturated rings. The van der Waals surface area contributed by atoms with Crippen LogP contribution in [0.25, 0.3) is 0 Å². The average molecular weight is 296 g/mol. The zero-order chi connectivity index (χ0) is 15.2. The van der Waals surface area contributed by atoms with E-state index in [0.29, 0.717) is 18.9 Å². The third-order valence-corrected chi connectivity index (χ3v) is 3.49. The average Bonchev–Trinajstić information content (AvgIpc) is 2.95. The van der Waals surface area contributed by atoms with Crippen molar-refractivity contribution in [1.29, 1.82) is 0 Å². The fraction of sp³-hybridized carbons (Fsp3) is 0.533. The van der Waals surface area contributed by atoms with E-state index in [1.807, 2.05) is 0 Å². The molecule has 116 valence electrons. The fourth-order valence-electron chi connectivity index (χ4n) is 2.32. The van der Waals surface area contributed by atoms with Crippen LogP contribution in [0.4, 0.5) is 10.1 Å². The van der Waals surface area contributed by atoms with Gasteiger partial charge in [-0.3, -0.25) is 4.79 Å². The SMILES string of the molecule is CCCNC1COCC1C(=O)Nc1ccc(F)c(OC)c1. The van der Waals surface area contributed by atoms with Gasteiger partial charge in [-0.25, -0.2) is 4.39 Å². The molecule has 1 aliphatic heterocycles. The first-order valence-corrected chi connectivity index (χ1v) is 7.11. The summed E-state index contributed by atoms with van der Waals surface area (Å²) in [6, 6.07) is 4.27. The van der Waals surface area contributed by atoms with Crippen LogP contribution in [0.15, 0.2) is 18.2 Å². The van der Waals surface area contributed by atoms with Gasteiger partial charge in [0, 0.05) is 17.8 Å². The molecule has 0 aromatic heterocycles. The molecule has 1 aromatic rings. The van der Waals surface area contributed by atoms with E-state index >= 15 is 0 Å². The molecule has 21 heavy (non-hydrogen) atoms. The lowest BCUT2D eigenvalue weighted by atomic mass is 10.0. The highest BCUT2D eigenvalue weighted by Gasteiger charge is 2.33. The van der Waals surface area contributed by atoms with Crippen molar-refractivity contribution in [3.8, 4) is 5.75 Å². The summed E-state index contributed by atoms with van der Waals surface area (Å²) in [5, 5.41) is 6.10. The number of methoxy groups -OCH3 is 1. The molecular formula is C15H21FN2O3. The van der Waals surface area contributed by atoms with Crippen molar-refractivity contribution in [3.05, 3.63) is 24.0 Å². The molecule has 1 amide bonds. The van der Waals surface area contributed by atoms with E-state index in [-0.39, 0.29) is 23.6 Å². The van der Waals surface area contributed by atoms with Crippen molar-refractivity contribution in [3.63, 3.8) is 0 Å². The molecule has 2 unspecified atom stereocenters. The van der Waals surface area contributed by atoms with Gasteiger partial charge in [0.2, 0.25) is 5.91 Å². The van der Waals surface area contributed by atoms with Gasteiger partial charge in [0.15, 0.2) is 11.6 Å². The number of ether oxygens (including phenoxy) is 2. The second kappa shape index (κ2) is 7.38. The lowest BCUT2D eigenvalue weighted by molar-refractivity contribution is -0.120. The number of halogens is 1. The number of hydrogen-bond donors (Lipinski definition) is 2. The summed E-state index contributed by atoms with van der Waals surface area (Å²) in [6.07, 6.45) is 1.00. The molecular weight excluding hydrogens is 275 g/mol. The quantitative estimate of drug-likeness (QED) is 0.840. The van der Waals surface area contributed by atoms with Crippen molar-refractivity contribution >= 4 is 11.6 Å². The minimum atomic E-state index is -0.456. The third kappa shape index (κ3) is 3.92. The van der Waals surface area contributed by atoms with Crippen LogP contribution >= 0.6 is 0 Å². The van der Waals surface area contributed by atoms with Gasteiger partial charge in [-0.05, 0) is 25.1 Å². The molecule has 1 saturated heterocycles. The van der Waals surface area contributed by atoms with Crippen LogP contribution in [-0.4, -0.2) is 38.8 Å². The monoisotopic (exact) mass is 296 g/mol. The Balaban J connectivity index is 2.00. The molecule has 1 aliphatic rings. The topological polar surface area (TPSA) is 59.6 Å². The van der Waals surface area contributed by atoms with Crippen LogP contribution in [0.3, 0.4) is 0 Å². The van der Waals surface area contributed by atoms with Gasteiger partial charge in [-0.15, -0.1) is 0 Å². The molecule has 2 rings (SSSR count). The third-order valence-electron chi connectivity index (χ3n) is 3.49. The lowest BCUT2D eigenvalue weighted by Crippen LogP contribution is -2.41. The van der Waals surface area contributed by atoms with Crippen molar-refractivity contribution in [1.82, 2.24) is 5.32 Å². The van der Waals surface area contributed by atoms with E-state index in [4.69, 9.17) is 9.47 Å². The van der Waals surface area contributed by atoms with Crippen LogP contribution in [0.2, 0.25) is 0 Å². The molecule has 1 heterocycles. The van der Waals surface area contributed by atoms with Gasteiger partial charge in [0.25, 0.3) is 0 Å². The van der Waals surface area contributed by atoms with Crippen molar-refractivity contribution < 1.29 is 18.7 Å². The van der Waals surface area contributed by atoms with E-state index in [0.717, 1.165) is 13.0 Å². The van der Waals surface area contributed by atoms with Gasteiger partial charge < -0.3 is 20.1 Å². The summed E-state index contributed by atoms with van der Waals surface area (Å²) in [7, 11) is 1.39. The zero-order valence-electron chi connectivity index (χ0n) is 12.3. The standard InChI is InChI=1S/C15H21FN2O3/c1-3-6-17-13-9-21-8-11(13)15(19)18-10-4-5-12(16)14(7-10)20-2/h4-5,7,11,13,17H,3,6,8-9H2,1-2H3,(H,18,19). The zero-order valence-corrected chi connectivity index (χ0v) is 12.3. The number of carbonyl (C=O) groups excluding carboxylic acids is 1. The minimum Gasteiger partial charge on any atom is -0.494 e. The van der Waals surface area contributed by atoms with Crippen LogP contribution in [0.1, 0.15) is 13.3 Å². The molecule has 2 N–H and O–H groups in total. The maximum atomic E-state index is 13.3. The normalized spacial score (nSPS) is 21.3. The van der Waals surface area contributed by atoms with E-state index in [1.165, 1.54) is 25.3 Å². The number of nitrogens with one attached hydrogen (secondary N) is 2. The van der Waals surface area contributed by atoms with Crippen LogP contribution < -0.4 is 15.4 Å².